The summed E-state index contributed by atoms with van der Waals surface area (Å²) < 4.78 is 4.81. The molecule has 0 fully saturated rings. The fourth-order valence-corrected chi connectivity index (χ4v) is 1.08. The Morgan fingerprint density at radius 1 is 1.50 bits per heavy atom. The number of H-pyrrole nitrogens is 1. The zero-order valence-corrected chi connectivity index (χ0v) is 9.66. The summed E-state index contributed by atoms with van der Waals surface area (Å²) in [7, 11) is 0. The van der Waals surface area contributed by atoms with Crippen LogP contribution in [0.1, 0.15) is 31.3 Å². The van der Waals surface area contributed by atoms with Gasteiger partial charge in [0.05, 0.1) is 12.3 Å². The van der Waals surface area contributed by atoms with Crippen LogP contribution < -0.4 is 5.32 Å². The molecule has 1 rings (SSSR count). The van der Waals surface area contributed by atoms with Crippen LogP contribution in [0.2, 0.25) is 0 Å². The highest BCUT2D eigenvalue weighted by Crippen LogP contribution is 2.11. The van der Waals surface area contributed by atoms with Gasteiger partial charge in [-0.2, -0.15) is 0 Å². The first-order valence-corrected chi connectivity index (χ1v) is 5.21. The number of hydrogen-bond donors (Lipinski definition) is 2. The lowest BCUT2D eigenvalue weighted by Gasteiger charge is -2.04. The van der Waals surface area contributed by atoms with E-state index in [4.69, 9.17) is 4.74 Å². The highest BCUT2D eigenvalue weighted by atomic mass is 16.5. The number of carbonyl (C=O) groups excluding carboxylic acids is 2. The Labute approximate surface area is 94.2 Å². The minimum absolute atomic E-state index is 0.0885. The number of anilines is 1. The third-order valence-corrected chi connectivity index (χ3v) is 1.97. The van der Waals surface area contributed by atoms with E-state index >= 15 is 0 Å². The van der Waals surface area contributed by atoms with Crippen molar-refractivity contribution in [3.05, 3.63) is 18.0 Å². The predicted molar refractivity (Wildman–Crippen MR) is 60.2 cm³/mol. The quantitative estimate of drug-likeness (QED) is 0.766. The molecular weight excluding hydrogens is 208 g/mol. The van der Waals surface area contributed by atoms with Gasteiger partial charge in [-0.3, -0.25) is 4.79 Å². The van der Waals surface area contributed by atoms with Crippen molar-refractivity contribution in [2.75, 3.05) is 11.9 Å². The van der Waals surface area contributed by atoms with Gasteiger partial charge in [-0.05, 0) is 13.0 Å². The van der Waals surface area contributed by atoms with E-state index in [2.05, 4.69) is 10.3 Å². The van der Waals surface area contributed by atoms with Gasteiger partial charge in [0.2, 0.25) is 5.91 Å². The summed E-state index contributed by atoms with van der Waals surface area (Å²) in [5.41, 5.74) is 0.905. The second-order valence-electron chi connectivity index (χ2n) is 3.67. The minimum atomic E-state index is -0.424. The number of aromatic nitrogens is 1. The van der Waals surface area contributed by atoms with E-state index in [-0.39, 0.29) is 11.8 Å². The Hall–Kier alpha value is -1.78. The van der Waals surface area contributed by atoms with Gasteiger partial charge in [0.25, 0.3) is 0 Å². The summed E-state index contributed by atoms with van der Waals surface area (Å²) >= 11 is 0. The molecule has 0 bridgehead atoms. The molecule has 5 heteroatoms. The van der Waals surface area contributed by atoms with E-state index in [1.165, 1.54) is 0 Å². The monoisotopic (exact) mass is 224 g/mol. The van der Waals surface area contributed by atoms with Crippen molar-refractivity contribution in [3.63, 3.8) is 0 Å². The lowest BCUT2D eigenvalue weighted by atomic mass is 10.2. The van der Waals surface area contributed by atoms with E-state index in [1.54, 1.807) is 33.0 Å². The minimum Gasteiger partial charge on any atom is -0.461 e. The normalized spacial score (nSPS) is 10.2. The van der Waals surface area contributed by atoms with Crippen molar-refractivity contribution >= 4 is 17.6 Å². The molecule has 0 aliphatic carbocycles. The van der Waals surface area contributed by atoms with Gasteiger partial charge in [0.15, 0.2) is 0 Å². The average molecular weight is 224 g/mol. The molecule has 0 unspecified atom stereocenters. The molecule has 0 aliphatic heterocycles. The molecule has 2 N–H and O–H groups in total. The van der Waals surface area contributed by atoms with Crippen LogP contribution in [0.25, 0.3) is 0 Å². The molecule has 16 heavy (non-hydrogen) atoms. The van der Waals surface area contributed by atoms with Crippen LogP contribution in [-0.4, -0.2) is 23.5 Å². The molecule has 0 aliphatic rings. The summed E-state index contributed by atoms with van der Waals surface area (Å²) in [6, 6.07) is 1.55. The molecule has 0 radical (unpaired) electrons. The van der Waals surface area contributed by atoms with E-state index in [0.29, 0.717) is 18.0 Å². The second-order valence-corrected chi connectivity index (χ2v) is 3.67. The number of ether oxygens (including phenoxy) is 1. The zero-order valence-electron chi connectivity index (χ0n) is 9.66. The Morgan fingerprint density at radius 3 is 2.75 bits per heavy atom. The molecule has 0 aromatic carbocycles. The molecule has 0 saturated carbocycles. The van der Waals surface area contributed by atoms with E-state index < -0.39 is 5.97 Å². The van der Waals surface area contributed by atoms with Crippen molar-refractivity contribution in [2.45, 2.75) is 20.8 Å². The molecule has 5 nitrogen and oxygen atoms in total. The van der Waals surface area contributed by atoms with Gasteiger partial charge in [-0.1, -0.05) is 13.8 Å². The summed E-state index contributed by atoms with van der Waals surface area (Å²) in [4.78, 5) is 25.4. The molecule has 0 saturated heterocycles. The van der Waals surface area contributed by atoms with E-state index in [0.717, 1.165) is 0 Å². The van der Waals surface area contributed by atoms with Gasteiger partial charge in [-0.15, -0.1) is 0 Å². The van der Waals surface area contributed by atoms with Gasteiger partial charge in [-0.25, -0.2) is 4.79 Å². The standard InChI is InChI=1S/C11H16N2O3/c1-4-16-11(15)9-5-8(6-12-9)13-10(14)7(2)3/h5-7,12H,4H2,1-3H3,(H,13,14). The smallest absolute Gasteiger partial charge is 0.354 e. The molecule has 1 heterocycles. The first-order chi connectivity index (χ1) is 7.54. The van der Waals surface area contributed by atoms with E-state index in [1.807, 2.05) is 0 Å². The lowest BCUT2D eigenvalue weighted by molar-refractivity contribution is -0.118. The highest BCUT2D eigenvalue weighted by Gasteiger charge is 2.12. The number of carbonyl (C=O) groups is 2. The highest BCUT2D eigenvalue weighted by molar-refractivity contribution is 5.94. The van der Waals surface area contributed by atoms with Gasteiger partial charge in [0, 0.05) is 12.1 Å². The molecule has 1 amide bonds. The van der Waals surface area contributed by atoms with Crippen LogP contribution in [-0.2, 0) is 9.53 Å². The van der Waals surface area contributed by atoms with Crippen molar-refractivity contribution < 1.29 is 14.3 Å². The van der Waals surface area contributed by atoms with Crippen LogP contribution >= 0.6 is 0 Å². The second kappa shape index (κ2) is 5.34. The van der Waals surface area contributed by atoms with Crippen molar-refractivity contribution in [1.29, 1.82) is 0 Å². The fraction of sp³-hybridized carbons (Fsp3) is 0.455. The average Bonchev–Trinajstić information content (AvgIpc) is 2.66. The van der Waals surface area contributed by atoms with Crippen molar-refractivity contribution in [3.8, 4) is 0 Å². The van der Waals surface area contributed by atoms with E-state index in [9.17, 15) is 9.59 Å². The SMILES string of the molecule is CCOC(=O)c1cc(NC(=O)C(C)C)c[nH]1. The van der Waals surface area contributed by atoms with Gasteiger partial charge < -0.3 is 15.0 Å². The largest absolute Gasteiger partial charge is 0.461 e. The first-order valence-electron chi connectivity index (χ1n) is 5.21. The van der Waals surface area contributed by atoms with Crippen LogP contribution in [0.4, 0.5) is 5.69 Å². The number of esters is 1. The third-order valence-electron chi connectivity index (χ3n) is 1.97. The van der Waals surface area contributed by atoms with Crippen LogP contribution in [0.5, 0.6) is 0 Å². The predicted octanol–water partition coefficient (Wildman–Crippen LogP) is 1.79. The number of amides is 1. The molecule has 1 aromatic rings. The summed E-state index contributed by atoms with van der Waals surface area (Å²) in [5, 5.41) is 2.68. The molecule has 1 aromatic heterocycles. The molecule has 0 spiro atoms. The summed E-state index contributed by atoms with van der Waals surface area (Å²) in [5.74, 6) is -0.608. The van der Waals surface area contributed by atoms with Crippen LogP contribution in [0, 0.1) is 5.92 Å². The fourth-order valence-electron chi connectivity index (χ4n) is 1.08. The maximum atomic E-state index is 11.4. The van der Waals surface area contributed by atoms with Gasteiger partial charge in [0.1, 0.15) is 5.69 Å². The maximum Gasteiger partial charge on any atom is 0.354 e. The van der Waals surface area contributed by atoms with Gasteiger partial charge >= 0.3 is 5.97 Å². The molecule has 0 atom stereocenters. The third kappa shape index (κ3) is 3.12. The molecule has 88 valence electrons. The van der Waals surface area contributed by atoms with Crippen molar-refractivity contribution in [1.82, 2.24) is 4.98 Å². The Bertz CT molecular complexity index is 382. The Balaban J connectivity index is 2.65. The summed E-state index contributed by atoms with van der Waals surface area (Å²) in [6.45, 7) is 5.66. The Kier molecular flexibility index (Phi) is 4.10. The Morgan fingerprint density at radius 2 is 2.19 bits per heavy atom. The first kappa shape index (κ1) is 12.3. The zero-order chi connectivity index (χ0) is 12.1. The molecular formula is C11H16N2O3. The van der Waals surface area contributed by atoms with Crippen LogP contribution in [0.3, 0.4) is 0 Å². The number of rotatable bonds is 4. The number of aromatic amines is 1. The van der Waals surface area contributed by atoms with Crippen molar-refractivity contribution in [2.24, 2.45) is 5.92 Å². The van der Waals surface area contributed by atoms with Crippen LogP contribution in [0.15, 0.2) is 12.3 Å². The topological polar surface area (TPSA) is 71.2 Å². The number of hydrogen-bond acceptors (Lipinski definition) is 3. The summed E-state index contributed by atoms with van der Waals surface area (Å²) in [6.07, 6.45) is 1.56. The lowest BCUT2D eigenvalue weighted by Crippen LogP contribution is -2.17. The maximum absolute atomic E-state index is 11.4. The number of nitrogens with one attached hydrogen (secondary N) is 2.